The van der Waals surface area contributed by atoms with Crippen molar-refractivity contribution in [1.29, 1.82) is 0 Å². The van der Waals surface area contributed by atoms with Crippen molar-refractivity contribution in [3.05, 3.63) is 0 Å². The molecule has 5 nitrogen and oxygen atoms in total. The van der Waals surface area contributed by atoms with Gasteiger partial charge in [0.1, 0.15) is 6.04 Å². The van der Waals surface area contributed by atoms with Gasteiger partial charge in [-0.3, -0.25) is 9.59 Å². The third-order valence-electron chi connectivity index (χ3n) is 4.12. The summed E-state index contributed by atoms with van der Waals surface area (Å²) in [5.41, 5.74) is 5.35. The second-order valence-corrected chi connectivity index (χ2v) is 5.69. The molecule has 0 bridgehead atoms. The third kappa shape index (κ3) is 5.30. The largest absolute Gasteiger partial charge is 0.344 e. The minimum atomic E-state index is -0.540. The summed E-state index contributed by atoms with van der Waals surface area (Å²) in [6, 6.07) is -0.503. The van der Waals surface area contributed by atoms with E-state index in [0.717, 1.165) is 25.7 Å². The first-order valence-corrected chi connectivity index (χ1v) is 8.22. The smallest absolute Gasteiger partial charge is 0.244 e. The van der Waals surface area contributed by atoms with Crippen molar-refractivity contribution in [2.24, 2.45) is 11.1 Å². The van der Waals surface area contributed by atoms with Crippen LogP contribution in [-0.4, -0.2) is 42.4 Å². The fraction of sp³-hybridized carbons (Fsp3) is 0.875. The number of carbonyl (C=O) groups is 2. The zero-order chi connectivity index (χ0) is 16.5. The Bertz CT molecular complexity index is 321. The van der Waals surface area contributed by atoms with Gasteiger partial charge in [0.05, 0.1) is 5.41 Å². The highest BCUT2D eigenvalue weighted by Gasteiger charge is 2.36. The van der Waals surface area contributed by atoms with E-state index >= 15 is 0 Å². The summed E-state index contributed by atoms with van der Waals surface area (Å²) in [6.07, 6.45) is 3.33. The van der Waals surface area contributed by atoms with Crippen molar-refractivity contribution in [2.75, 3.05) is 19.6 Å². The van der Waals surface area contributed by atoms with Gasteiger partial charge in [0.15, 0.2) is 0 Å². The molecule has 0 radical (unpaired) electrons. The average molecular weight is 299 g/mol. The molecule has 0 aromatic heterocycles. The van der Waals surface area contributed by atoms with Crippen LogP contribution in [-0.2, 0) is 9.59 Å². The predicted molar refractivity (Wildman–Crippen MR) is 86.8 cm³/mol. The van der Waals surface area contributed by atoms with Gasteiger partial charge in [0.2, 0.25) is 11.8 Å². The second kappa shape index (κ2) is 9.77. The van der Waals surface area contributed by atoms with E-state index < -0.39 is 11.5 Å². The molecule has 21 heavy (non-hydrogen) atoms. The molecule has 124 valence electrons. The summed E-state index contributed by atoms with van der Waals surface area (Å²) >= 11 is 0. The van der Waals surface area contributed by atoms with Crippen molar-refractivity contribution in [1.82, 2.24) is 10.2 Å². The summed E-state index contributed by atoms with van der Waals surface area (Å²) in [6.45, 7) is 11.4. The fourth-order valence-corrected chi connectivity index (χ4v) is 2.83. The van der Waals surface area contributed by atoms with Crippen LogP contribution >= 0.6 is 0 Å². The minimum Gasteiger partial charge on any atom is -0.344 e. The number of carbonyl (C=O) groups excluding carboxylic acids is 2. The number of nitrogens with two attached hydrogens (primary N) is 1. The molecule has 0 fully saturated rings. The fourth-order valence-electron chi connectivity index (χ4n) is 2.83. The van der Waals surface area contributed by atoms with Crippen LogP contribution in [0.2, 0.25) is 0 Å². The molecular weight excluding hydrogens is 266 g/mol. The summed E-state index contributed by atoms with van der Waals surface area (Å²) in [5.74, 6) is -0.117. The van der Waals surface area contributed by atoms with Gasteiger partial charge in [0, 0.05) is 19.6 Å². The highest BCUT2D eigenvalue weighted by molar-refractivity contribution is 5.90. The van der Waals surface area contributed by atoms with Crippen LogP contribution in [0.3, 0.4) is 0 Å². The molecule has 3 N–H and O–H groups in total. The number of nitrogens with zero attached hydrogens (tertiary/aromatic N) is 1. The Morgan fingerprint density at radius 3 is 1.90 bits per heavy atom. The van der Waals surface area contributed by atoms with Crippen molar-refractivity contribution < 1.29 is 9.59 Å². The molecule has 5 heteroatoms. The number of amides is 2. The van der Waals surface area contributed by atoms with Gasteiger partial charge >= 0.3 is 0 Å². The standard InChI is InChI=1S/C16H33N3O2/c1-6-10-16(12-17,11-7-2)15(21)18-13(5)14(20)19(8-3)9-4/h13H,6-12,17H2,1-5H3,(H,18,21). The third-order valence-corrected chi connectivity index (χ3v) is 4.12. The van der Waals surface area contributed by atoms with E-state index in [0.29, 0.717) is 19.6 Å². The van der Waals surface area contributed by atoms with Gasteiger partial charge < -0.3 is 16.0 Å². The SMILES string of the molecule is CCCC(CN)(CCC)C(=O)NC(C)C(=O)N(CC)CC. The average Bonchev–Trinajstić information content (AvgIpc) is 2.47. The highest BCUT2D eigenvalue weighted by atomic mass is 16.2. The molecule has 0 heterocycles. The maximum Gasteiger partial charge on any atom is 0.244 e. The maximum atomic E-state index is 12.6. The molecular formula is C16H33N3O2. The number of hydrogen-bond acceptors (Lipinski definition) is 3. The maximum absolute atomic E-state index is 12.6. The van der Waals surface area contributed by atoms with E-state index in [1.807, 2.05) is 13.8 Å². The van der Waals surface area contributed by atoms with Crippen LogP contribution in [0.25, 0.3) is 0 Å². The van der Waals surface area contributed by atoms with E-state index in [2.05, 4.69) is 19.2 Å². The lowest BCUT2D eigenvalue weighted by Crippen LogP contribution is -2.53. The monoisotopic (exact) mass is 299 g/mol. The van der Waals surface area contributed by atoms with E-state index in [1.165, 1.54) is 0 Å². The molecule has 2 amide bonds. The van der Waals surface area contributed by atoms with Crippen LogP contribution in [0.1, 0.15) is 60.3 Å². The van der Waals surface area contributed by atoms with E-state index in [-0.39, 0.29) is 11.8 Å². The van der Waals surface area contributed by atoms with Crippen LogP contribution in [0, 0.1) is 5.41 Å². The number of likely N-dealkylation sites (N-methyl/N-ethyl adjacent to an activating group) is 1. The van der Waals surface area contributed by atoms with Crippen molar-refractivity contribution >= 4 is 11.8 Å². The Balaban J connectivity index is 4.93. The molecule has 0 aliphatic heterocycles. The molecule has 0 aliphatic carbocycles. The molecule has 1 atom stereocenters. The normalized spacial score (nSPS) is 12.9. The Hall–Kier alpha value is -1.10. The molecule has 0 aromatic rings. The first-order valence-electron chi connectivity index (χ1n) is 8.22. The molecule has 0 aromatic carbocycles. The van der Waals surface area contributed by atoms with Gasteiger partial charge in [0.25, 0.3) is 0 Å². The van der Waals surface area contributed by atoms with Gasteiger partial charge in [-0.1, -0.05) is 26.7 Å². The number of rotatable bonds is 10. The van der Waals surface area contributed by atoms with Crippen LogP contribution in [0.5, 0.6) is 0 Å². The lowest BCUT2D eigenvalue weighted by Gasteiger charge is -2.33. The summed E-state index contributed by atoms with van der Waals surface area (Å²) < 4.78 is 0. The Morgan fingerprint density at radius 1 is 1.10 bits per heavy atom. The Kier molecular flexibility index (Phi) is 9.26. The molecule has 1 unspecified atom stereocenters. The van der Waals surface area contributed by atoms with E-state index in [1.54, 1.807) is 11.8 Å². The lowest BCUT2D eigenvalue weighted by atomic mass is 9.78. The zero-order valence-electron chi connectivity index (χ0n) is 14.4. The Labute approximate surface area is 129 Å². The van der Waals surface area contributed by atoms with Crippen LogP contribution < -0.4 is 11.1 Å². The predicted octanol–water partition coefficient (Wildman–Crippen LogP) is 1.90. The molecule has 0 saturated carbocycles. The van der Waals surface area contributed by atoms with Crippen molar-refractivity contribution in [3.8, 4) is 0 Å². The number of nitrogens with one attached hydrogen (secondary N) is 1. The van der Waals surface area contributed by atoms with Crippen LogP contribution in [0.15, 0.2) is 0 Å². The quantitative estimate of drug-likeness (QED) is 0.647. The molecule has 0 spiro atoms. The number of hydrogen-bond donors (Lipinski definition) is 2. The van der Waals surface area contributed by atoms with Gasteiger partial charge in [-0.2, -0.15) is 0 Å². The van der Waals surface area contributed by atoms with Gasteiger partial charge in [-0.05, 0) is 33.6 Å². The van der Waals surface area contributed by atoms with E-state index in [4.69, 9.17) is 5.73 Å². The van der Waals surface area contributed by atoms with Crippen molar-refractivity contribution in [3.63, 3.8) is 0 Å². The summed E-state index contributed by atoms with van der Waals surface area (Å²) in [7, 11) is 0. The molecule has 0 aliphatic rings. The van der Waals surface area contributed by atoms with Gasteiger partial charge in [-0.15, -0.1) is 0 Å². The second-order valence-electron chi connectivity index (χ2n) is 5.69. The Morgan fingerprint density at radius 2 is 1.57 bits per heavy atom. The molecule has 0 rings (SSSR count). The first-order chi connectivity index (χ1) is 9.92. The summed E-state index contributed by atoms with van der Waals surface area (Å²) in [5, 5.41) is 2.88. The molecule has 0 saturated heterocycles. The van der Waals surface area contributed by atoms with E-state index in [9.17, 15) is 9.59 Å². The lowest BCUT2D eigenvalue weighted by molar-refractivity contribution is -0.139. The summed E-state index contributed by atoms with van der Waals surface area (Å²) in [4.78, 5) is 26.6. The first kappa shape index (κ1) is 19.9. The highest BCUT2D eigenvalue weighted by Crippen LogP contribution is 2.29. The van der Waals surface area contributed by atoms with Gasteiger partial charge in [-0.25, -0.2) is 0 Å². The van der Waals surface area contributed by atoms with Crippen LogP contribution in [0.4, 0.5) is 0 Å². The topological polar surface area (TPSA) is 75.4 Å². The zero-order valence-corrected chi connectivity index (χ0v) is 14.4. The minimum absolute atomic E-state index is 0.0349. The van der Waals surface area contributed by atoms with Crippen molar-refractivity contribution in [2.45, 2.75) is 66.3 Å².